The number of benzene rings is 1. The molecule has 2 rings (SSSR count). The molecule has 2 aromatic rings. The Hall–Kier alpha value is -0.874. The van der Waals surface area contributed by atoms with Gasteiger partial charge in [-0.05, 0) is 12.1 Å². The molecule has 1 aromatic carbocycles. The number of hydrogen-bond acceptors (Lipinski definition) is 4. The predicted molar refractivity (Wildman–Crippen MR) is 57.8 cm³/mol. The van der Waals surface area contributed by atoms with Gasteiger partial charge in [0.25, 0.3) is 0 Å². The van der Waals surface area contributed by atoms with Gasteiger partial charge in [0.1, 0.15) is 11.4 Å². The molecule has 0 radical (unpaired) electrons. The minimum absolute atomic E-state index is 0. The molecule has 0 aliphatic carbocycles. The number of halogens is 3. The van der Waals surface area contributed by atoms with Gasteiger partial charge in [0.05, 0.1) is 17.2 Å². The van der Waals surface area contributed by atoms with E-state index in [9.17, 15) is 23.1 Å². The van der Waals surface area contributed by atoms with Crippen LogP contribution < -0.4 is 62.2 Å². The van der Waals surface area contributed by atoms with Crippen molar-refractivity contribution in [2.24, 2.45) is 0 Å². The van der Waals surface area contributed by atoms with Crippen LogP contribution in [0.1, 0.15) is 16.1 Å². The molecule has 100 valence electrons. The Labute approximate surface area is 153 Å². The number of nitrogens with zero attached hydrogens (tertiary/aromatic N) is 1. The van der Waals surface area contributed by atoms with Gasteiger partial charge in [-0.2, -0.15) is 18.3 Å². The van der Waals surface area contributed by atoms with Crippen LogP contribution in [-0.4, -0.2) is 16.2 Å². The molecular weight excluding hydrogens is 302 g/mol. The topological polar surface area (TPSA) is 94.8 Å². The zero-order chi connectivity index (χ0) is 14.2. The van der Waals surface area contributed by atoms with Crippen LogP contribution in [0, 0.1) is 0 Å². The molecule has 0 unspecified atom stereocenters. The number of carboxylic acids is 1. The van der Waals surface area contributed by atoms with E-state index >= 15 is 0 Å². The van der Waals surface area contributed by atoms with E-state index in [0.717, 1.165) is 12.1 Å². The number of aromatic amines is 1. The van der Waals surface area contributed by atoms with Crippen LogP contribution in [0.15, 0.2) is 24.3 Å². The zero-order valence-corrected chi connectivity index (χ0v) is 13.4. The molecule has 0 aliphatic rings. The summed E-state index contributed by atoms with van der Waals surface area (Å²) in [5.74, 6) is -1.58. The van der Waals surface area contributed by atoms with E-state index in [1.807, 2.05) is 0 Å². The Bertz CT molecular complexity index is 640. The van der Waals surface area contributed by atoms with Crippen LogP contribution in [0.3, 0.4) is 0 Å². The summed E-state index contributed by atoms with van der Waals surface area (Å²) in [6.07, 6.45) is -4.50. The molecule has 20 heavy (non-hydrogen) atoms. The SMILES string of the molecule is Nc1c(-c2cccc(C(F)(F)F)c2)n[nH]c1C(=O)[O-].[K+]. The van der Waals surface area contributed by atoms with E-state index in [1.165, 1.54) is 12.1 Å². The van der Waals surface area contributed by atoms with Crippen molar-refractivity contribution < 1.29 is 74.5 Å². The van der Waals surface area contributed by atoms with Crippen LogP contribution >= 0.6 is 0 Å². The van der Waals surface area contributed by atoms with Crippen molar-refractivity contribution in [3.8, 4) is 11.3 Å². The number of alkyl halides is 3. The van der Waals surface area contributed by atoms with Gasteiger partial charge in [0, 0.05) is 5.56 Å². The largest absolute Gasteiger partial charge is 1.00 e. The van der Waals surface area contributed by atoms with Crippen molar-refractivity contribution in [1.82, 2.24) is 10.2 Å². The average Bonchev–Trinajstić information content (AvgIpc) is 2.70. The number of nitrogens with one attached hydrogen (secondary N) is 1. The van der Waals surface area contributed by atoms with Gasteiger partial charge in [0.2, 0.25) is 0 Å². The smallest absolute Gasteiger partial charge is 0.543 e. The molecule has 1 aromatic heterocycles. The average molecular weight is 309 g/mol. The maximum absolute atomic E-state index is 12.6. The van der Waals surface area contributed by atoms with Gasteiger partial charge in [-0.1, -0.05) is 12.1 Å². The summed E-state index contributed by atoms with van der Waals surface area (Å²) < 4.78 is 37.7. The molecule has 3 N–H and O–H groups in total. The number of aromatic carboxylic acids is 1. The second-order valence-corrected chi connectivity index (χ2v) is 3.73. The molecule has 0 spiro atoms. The zero-order valence-electron chi connectivity index (χ0n) is 10.3. The van der Waals surface area contributed by atoms with E-state index < -0.39 is 23.4 Å². The summed E-state index contributed by atoms with van der Waals surface area (Å²) in [6.45, 7) is 0. The number of nitrogen functional groups attached to an aromatic ring is 1. The van der Waals surface area contributed by atoms with Crippen LogP contribution in [0.4, 0.5) is 18.9 Å². The molecular formula is C11H7F3KN3O2. The first-order valence-electron chi connectivity index (χ1n) is 5.03. The van der Waals surface area contributed by atoms with Gasteiger partial charge in [0.15, 0.2) is 0 Å². The van der Waals surface area contributed by atoms with Crippen molar-refractivity contribution >= 4 is 11.7 Å². The number of carboxylic acid groups (broad SMARTS) is 1. The first kappa shape index (κ1) is 17.2. The van der Waals surface area contributed by atoms with Crippen molar-refractivity contribution in [3.05, 3.63) is 35.5 Å². The fraction of sp³-hybridized carbons (Fsp3) is 0.0909. The summed E-state index contributed by atoms with van der Waals surface area (Å²) >= 11 is 0. The van der Waals surface area contributed by atoms with Crippen LogP contribution in [0.25, 0.3) is 11.3 Å². The van der Waals surface area contributed by atoms with E-state index in [-0.39, 0.29) is 68.3 Å². The minimum Gasteiger partial charge on any atom is -0.543 e. The van der Waals surface area contributed by atoms with Crippen molar-refractivity contribution in [2.75, 3.05) is 5.73 Å². The minimum atomic E-state index is -4.50. The number of carbonyl (C=O) groups is 1. The van der Waals surface area contributed by atoms with Crippen LogP contribution in [0.5, 0.6) is 0 Å². The van der Waals surface area contributed by atoms with Crippen LogP contribution in [-0.2, 0) is 6.18 Å². The third-order valence-electron chi connectivity index (χ3n) is 2.47. The molecule has 0 saturated heterocycles. The van der Waals surface area contributed by atoms with Gasteiger partial charge < -0.3 is 15.6 Å². The Kier molecular flexibility index (Phi) is 5.38. The van der Waals surface area contributed by atoms with Gasteiger partial charge >= 0.3 is 57.6 Å². The number of aromatic nitrogens is 2. The third kappa shape index (κ3) is 3.41. The van der Waals surface area contributed by atoms with E-state index in [4.69, 9.17) is 5.73 Å². The van der Waals surface area contributed by atoms with E-state index in [2.05, 4.69) is 10.2 Å². The molecule has 0 bridgehead atoms. The molecule has 5 nitrogen and oxygen atoms in total. The molecule has 0 amide bonds. The Morgan fingerprint density at radius 3 is 2.50 bits per heavy atom. The molecule has 0 fully saturated rings. The maximum atomic E-state index is 12.6. The predicted octanol–water partition coefficient (Wildman–Crippen LogP) is -1.95. The van der Waals surface area contributed by atoms with Crippen molar-refractivity contribution in [3.63, 3.8) is 0 Å². The molecule has 0 saturated carbocycles. The second-order valence-electron chi connectivity index (χ2n) is 3.73. The van der Waals surface area contributed by atoms with E-state index in [0.29, 0.717) is 0 Å². The number of nitrogens with two attached hydrogens (primary N) is 1. The van der Waals surface area contributed by atoms with Crippen LogP contribution in [0.2, 0.25) is 0 Å². The number of anilines is 1. The number of H-pyrrole nitrogens is 1. The quantitative estimate of drug-likeness (QED) is 0.630. The van der Waals surface area contributed by atoms with Crippen molar-refractivity contribution in [1.29, 1.82) is 0 Å². The molecule has 0 aliphatic heterocycles. The summed E-state index contributed by atoms with van der Waals surface area (Å²) in [5.41, 5.74) is 3.90. The summed E-state index contributed by atoms with van der Waals surface area (Å²) in [7, 11) is 0. The molecule has 0 atom stereocenters. The summed E-state index contributed by atoms with van der Waals surface area (Å²) in [4.78, 5) is 10.7. The first-order valence-corrected chi connectivity index (χ1v) is 5.03. The molecule has 1 heterocycles. The standard InChI is InChI=1S/C11H8F3N3O2.K/c12-11(13,14)6-3-1-2-5(4-6)8-7(15)9(10(18)19)17-16-8;/h1-4H,15H2,(H,16,17)(H,18,19);/q;+1/p-1. The number of rotatable bonds is 2. The summed E-state index contributed by atoms with van der Waals surface area (Å²) in [6, 6.07) is 4.27. The van der Waals surface area contributed by atoms with Gasteiger partial charge in [-0.25, -0.2) is 0 Å². The third-order valence-corrected chi connectivity index (χ3v) is 2.47. The van der Waals surface area contributed by atoms with E-state index in [1.54, 1.807) is 0 Å². The summed E-state index contributed by atoms with van der Waals surface area (Å²) in [5, 5.41) is 16.4. The fourth-order valence-electron chi connectivity index (χ4n) is 1.57. The van der Waals surface area contributed by atoms with Gasteiger partial charge in [-0.15, -0.1) is 0 Å². The fourth-order valence-corrected chi connectivity index (χ4v) is 1.57. The normalized spacial score (nSPS) is 10.9. The number of hydrogen-bond donors (Lipinski definition) is 2. The number of carbonyl (C=O) groups excluding carboxylic acids is 1. The Balaban J connectivity index is 0.00000200. The Morgan fingerprint density at radius 1 is 1.35 bits per heavy atom. The first-order chi connectivity index (χ1) is 8.80. The monoisotopic (exact) mass is 309 g/mol. The Morgan fingerprint density at radius 2 is 2.00 bits per heavy atom. The van der Waals surface area contributed by atoms with Crippen molar-refractivity contribution in [2.45, 2.75) is 6.18 Å². The maximum Gasteiger partial charge on any atom is 1.00 e. The van der Waals surface area contributed by atoms with Gasteiger partial charge in [-0.3, -0.25) is 5.10 Å². The molecule has 9 heteroatoms. The second kappa shape index (κ2) is 6.27.